The minimum atomic E-state index is -1.80. The second-order valence-electron chi connectivity index (χ2n) is 16.0. The summed E-state index contributed by atoms with van der Waals surface area (Å²) in [5.74, 6) is 1.10. The number of anilines is 1. The first-order valence-corrected chi connectivity index (χ1v) is 22.1. The Bertz CT molecular complexity index is 2360. The maximum absolute atomic E-state index is 14.1. The molecule has 7 rings (SSSR count). The second kappa shape index (κ2) is 19.9. The van der Waals surface area contributed by atoms with Crippen LogP contribution in [0, 0.1) is 18.3 Å². The van der Waals surface area contributed by atoms with Crippen LogP contribution in [0.15, 0.2) is 120 Å². The summed E-state index contributed by atoms with van der Waals surface area (Å²) in [5, 5.41) is 12.2. The SMILES string of the molecule is COc1ccc(C(OCC23COC(C(n4cc(C)c(NC(=O)c5ccccc5)nc4=O)O2)C3OP(OCCC#N)N(C(C)C)C(C)C)(c2ccccc2)c2ccc(OC)cc2)cc1. The highest BCUT2D eigenvalue weighted by Crippen LogP contribution is 2.56. The molecule has 15 heteroatoms. The Balaban J connectivity index is 1.33. The molecule has 1 aromatic heterocycles. The number of nitrogens with zero attached hydrogens (tertiary/aromatic N) is 4. The normalized spacial score (nSPS) is 19.9. The summed E-state index contributed by atoms with van der Waals surface area (Å²) in [6.45, 7) is 10.1. The predicted molar refractivity (Wildman–Crippen MR) is 239 cm³/mol. The minimum absolute atomic E-state index is 0.00562. The molecule has 5 atom stereocenters. The van der Waals surface area contributed by atoms with Crippen LogP contribution in [0.25, 0.3) is 0 Å². The zero-order chi connectivity index (χ0) is 44.7. The van der Waals surface area contributed by atoms with Crippen LogP contribution >= 0.6 is 8.53 Å². The summed E-state index contributed by atoms with van der Waals surface area (Å²) in [7, 11) is 1.44. The van der Waals surface area contributed by atoms with Crippen molar-refractivity contribution in [2.75, 3.05) is 39.4 Å². The Kier molecular flexibility index (Phi) is 14.4. The third-order valence-corrected chi connectivity index (χ3v) is 13.3. The summed E-state index contributed by atoms with van der Waals surface area (Å²) in [6, 6.07) is 36.3. The number of carbonyl (C=O) groups is 1. The molecule has 0 spiro atoms. The van der Waals surface area contributed by atoms with Crippen LogP contribution in [0.1, 0.15) is 73.0 Å². The largest absolute Gasteiger partial charge is 0.497 e. The molecular weight excluding hydrogens is 822 g/mol. The molecule has 14 nitrogen and oxygen atoms in total. The third-order valence-electron chi connectivity index (χ3n) is 11.2. The van der Waals surface area contributed by atoms with E-state index in [1.165, 1.54) is 4.57 Å². The Morgan fingerprint density at radius 1 is 0.921 bits per heavy atom. The van der Waals surface area contributed by atoms with Crippen molar-refractivity contribution >= 4 is 20.3 Å². The Labute approximate surface area is 369 Å². The van der Waals surface area contributed by atoms with Crippen molar-refractivity contribution in [3.05, 3.63) is 154 Å². The summed E-state index contributed by atoms with van der Waals surface area (Å²) in [6.07, 6.45) is -0.890. The van der Waals surface area contributed by atoms with E-state index in [9.17, 15) is 14.9 Å². The van der Waals surface area contributed by atoms with Crippen molar-refractivity contribution in [2.24, 2.45) is 0 Å². The highest BCUT2D eigenvalue weighted by molar-refractivity contribution is 7.44. The molecule has 0 radical (unpaired) electrons. The van der Waals surface area contributed by atoms with Gasteiger partial charge in [0.25, 0.3) is 14.4 Å². The molecule has 330 valence electrons. The molecule has 1 amide bonds. The van der Waals surface area contributed by atoms with Gasteiger partial charge < -0.3 is 38.0 Å². The fourth-order valence-electron chi connectivity index (χ4n) is 8.22. The van der Waals surface area contributed by atoms with E-state index < -0.39 is 49.8 Å². The molecule has 3 heterocycles. The average molecular weight is 876 g/mol. The molecule has 2 saturated heterocycles. The standard InChI is InChI=1S/C48H54N5O9P/c1-32(2)53(33(3)4)63(60-28-14-27-49)62-42-41-45(52-29-34(5)43(51-46(52)55)50-44(54)35-15-10-8-11-16-35)61-47(42,30-58-41)31-59-48(36-17-12-9-13-18-36,37-19-23-39(56-6)24-20-37)38-21-25-40(57-7)26-22-38/h8-13,15-26,29,32-33,41-42,45H,14,28,30-31H2,1-7H3,(H,50,51,54,55). The summed E-state index contributed by atoms with van der Waals surface area (Å²) < 4.78 is 49.3. The Morgan fingerprint density at radius 3 is 2.05 bits per heavy atom. The number of hydrogen-bond donors (Lipinski definition) is 1. The van der Waals surface area contributed by atoms with E-state index in [0.717, 1.165) is 16.7 Å². The van der Waals surface area contributed by atoms with Crippen molar-refractivity contribution in [3.63, 3.8) is 0 Å². The van der Waals surface area contributed by atoms with Crippen LogP contribution in [-0.4, -0.2) is 84.1 Å². The number of ether oxygens (including phenoxy) is 5. The lowest BCUT2D eigenvalue weighted by Gasteiger charge is -2.41. The van der Waals surface area contributed by atoms with E-state index in [1.54, 1.807) is 51.6 Å². The number of benzene rings is 4. The molecule has 2 aliphatic heterocycles. The number of rotatable bonds is 19. The van der Waals surface area contributed by atoms with E-state index in [4.69, 9.17) is 32.7 Å². The van der Waals surface area contributed by atoms with Crippen LogP contribution < -0.4 is 20.5 Å². The number of fused-ring (bicyclic) bond motifs is 2. The molecule has 2 bridgehead atoms. The van der Waals surface area contributed by atoms with E-state index >= 15 is 0 Å². The van der Waals surface area contributed by atoms with Gasteiger partial charge in [0.15, 0.2) is 6.23 Å². The van der Waals surface area contributed by atoms with Gasteiger partial charge in [-0.05, 0) is 87.7 Å². The molecular formula is C48H54N5O9P. The number of nitriles is 1. The summed E-state index contributed by atoms with van der Waals surface area (Å²) in [5.41, 5.74) is 0.248. The highest BCUT2D eigenvalue weighted by atomic mass is 31.2. The van der Waals surface area contributed by atoms with E-state index in [1.807, 2.05) is 84.9 Å². The van der Waals surface area contributed by atoms with E-state index in [2.05, 4.69) is 48.7 Å². The van der Waals surface area contributed by atoms with Crippen LogP contribution in [0.5, 0.6) is 11.5 Å². The number of methoxy groups -OCH3 is 2. The highest BCUT2D eigenvalue weighted by Gasteiger charge is 2.65. The first-order valence-electron chi connectivity index (χ1n) is 20.9. The molecule has 0 aliphatic carbocycles. The van der Waals surface area contributed by atoms with Crippen LogP contribution in [0.3, 0.4) is 0 Å². The van der Waals surface area contributed by atoms with Crippen LogP contribution in [-0.2, 0) is 28.9 Å². The van der Waals surface area contributed by atoms with Gasteiger partial charge in [-0.2, -0.15) is 10.2 Å². The van der Waals surface area contributed by atoms with Crippen molar-refractivity contribution in [2.45, 2.75) is 82.8 Å². The molecule has 63 heavy (non-hydrogen) atoms. The predicted octanol–water partition coefficient (Wildman–Crippen LogP) is 8.16. The molecule has 5 unspecified atom stereocenters. The molecule has 2 fully saturated rings. The third kappa shape index (κ3) is 9.42. The summed E-state index contributed by atoms with van der Waals surface area (Å²) >= 11 is 0. The zero-order valence-electron chi connectivity index (χ0n) is 36.6. The monoisotopic (exact) mass is 875 g/mol. The fraction of sp³-hybridized carbons (Fsp3) is 0.375. The molecule has 1 N–H and O–H groups in total. The lowest BCUT2D eigenvalue weighted by Crippen LogP contribution is -2.49. The van der Waals surface area contributed by atoms with Gasteiger partial charge in [-0.15, -0.1) is 0 Å². The van der Waals surface area contributed by atoms with Crippen LogP contribution in [0.2, 0.25) is 0 Å². The van der Waals surface area contributed by atoms with Gasteiger partial charge in [-0.1, -0.05) is 72.8 Å². The first kappa shape index (κ1) is 45.5. The maximum Gasteiger partial charge on any atom is 0.351 e. The topological polar surface area (TPSA) is 156 Å². The minimum Gasteiger partial charge on any atom is -0.497 e. The van der Waals surface area contributed by atoms with Gasteiger partial charge in [0.1, 0.15) is 40.7 Å². The van der Waals surface area contributed by atoms with Gasteiger partial charge in [0, 0.05) is 29.4 Å². The van der Waals surface area contributed by atoms with Gasteiger partial charge in [-0.25, -0.2) is 9.46 Å². The molecule has 4 aromatic carbocycles. The zero-order valence-corrected chi connectivity index (χ0v) is 37.5. The summed E-state index contributed by atoms with van der Waals surface area (Å²) in [4.78, 5) is 31.5. The quantitative estimate of drug-likeness (QED) is 0.0484. The maximum atomic E-state index is 14.1. The fourth-order valence-corrected chi connectivity index (χ4v) is 10.0. The van der Waals surface area contributed by atoms with Crippen molar-refractivity contribution in [3.8, 4) is 17.6 Å². The van der Waals surface area contributed by atoms with E-state index in [0.29, 0.717) is 22.6 Å². The number of carbonyl (C=O) groups excluding carboxylic acids is 1. The van der Waals surface area contributed by atoms with E-state index in [-0.39, 0.29) is 44.1 Å². The molecule has 2 aliphatic rings. The van der Waals surface area contributed by atoms with Gasteiger partial charge >= 0.3 is 5.69 Å². The number of aryl methyl sites for hydroxylation is 1. The Morgan fingerprint density at radius 2 is 1.49 bits per heavy atom. The average Bonchev–Trinajstić information content (AvgIpc) is 3.79. The Hall–Kier alpha value is -5.49. The lowest BCUT2D eigenvalue weighted by atomic mass is 9.79. The van der Waals surface area contributed by atoms with Crippen molar-refractivity contribution < 1.29 is 37.5 Å². The van der Waals surface area contributed by atoms with Gasteiger partial charge in [0.05, 0.1) is 46.5 Å². The smallest absolute Gasteiger partial charge is 0.351 e. The second-order valence-corrected chi connectivity index (χ2v) is 17.4. The number of amides is 1. The van der Waals surface area contributed by atoms with Crippen molar-refractivity contribution in [1.82, 2.24) is 14.2 Å². The van der Waals surface area contributed by atoms with Gasteiger partial charge in [0.2, 0.25) is 0 Å². The number of hydrogen-bond acceptors (Lipinski definition) is 12. The number of aromatic nitrogens is 2. The first-order chi connectivity index (χ1) is 30.4. The van der Waals surface area contributed by atoms with Crippen molar-refractivity contribution in [1.29, 1.82) is 5.26 Å². The number of nitrogens with one attached hydrogen (secondary N) is 1. The molecule has 0 saturated carbocycles. The lowest BCUT2D eigenvalue weighted by molar-refractivity contribution is -0.203. The van der Waals surface area contributed by atoms with Gasteiger partial charge in [-0.3, -0.25) is 9.36 Å². The molecule has 5 aromatic rings. The van der Waals surface area contributed by atoms with Crippen LogP contribution in [0.4, 0.5) is 5.82 Å².